The highest BCUT2D eigenvalue weighted by Gasteiger charge is 2.13. The molecule has 0 aliphatic rings. The van der Waals surface area contributed by atoms with Crippen LogP contribution in [-0.4, -0.2) is 11.1 Å². The molecule has 1 aromatic carbocycles. The van der Waals surface area contributed by atoms with Crippen LogP contribution in [0.1, 0.15) is 31.9 Å². The van der Waals surface area contributed by atoms with Crippen molar-refractivity contribution < 1.29 is 0 Å². The van der Waals surface area contributed by atoms with Crippen molar-refractivity contribution in [3.05, 3.63) is 29.3 Å². The second kappa shape index (κ2) is 5.39. The lowest BCUT2D eigenvalue weighted by atomic mass is 10.1. The molecule has 0 bridgehead atoms. The van der Waals surface area contributed by atoms with Crippen molar-refractivity contribution in [1.82, 2.24) is 0 Å². The van der Waals surface area contributed by atoms with Gasteiger partial charge in [0, 0.05) is 15.7 Å². The van der Waals surface area contributed by atoms with Crippen LogP contribution in [0.3, 0.4) is 0 Å². The van der Waals surface area contributed by atoms with E-state index in [0.717, 1.165) is 10.5 Å². The SMILES string of the molecule is Cc1ccc(C(=N)N)c(SC(C)C(C)C)c1. The van der Waals surface area contributed by atoms with Crippen molar-refractivity contribution in [2.45, 2.75) is 37.8 Å². The van der Waals surface area contributed by atoms with Gasteiger partial charge in [-0.3, -0.25) is 5.41 Å². The van der Waals surface area contributed by atoms with Crippen LogP contribution < -0.4 is 5.73 Å². The molecule has 1 rings (SSSR count). The van der Waals surface area contributed by atoms with Crippen LogP contribution in [0.4, 0.5) is 0 Å². The number of nitrogens with two attached hydrogens (primary N) is 1. The number of rotatable bonds is 4. The summed E-state index contributed by atoms with van der Waals surface area (Å²) in [6.45, 7) is 8.69. The second-order valence-electron chi connectivity index (χ2n) is 4.48. The van der Waals surface area contributed by atoms with Crippen molar-refractivity contribution >= 4 is 17.6 Å². The van der Waals surface area contributed by atoms with E-state index in [4.69, 9.17) is 11.1 Å². The van der Waals surface area contributed by atoms with Gasteiger partial charge in [0.25, 0.3) is 0 Å². The van der Waals surface area contributed by atoms with E-state index in [9.17, 15) is 0 Å². The van der Waals surface area contributed by atoms with Crippen LogP contribution in [0.5, 0.6) is 0 Å². The normalized spacial score (nSPS) is 12.8. The van der Waals surface area contributed by atoms with E-state index in [2.05, 4.69) is 33.8 Å². The van der Waals surface area contributed by atoms with Crippen LogP contribution >= 0.6 is 11.8 Å². The predicted octanol–water partition coefficient (Wildman–Crippen LogP) is 3.42. The van der Waals surface area contributed by atoms with E-state index in [0.29, 0.717) is 11.2 Å². The first-order valence-corrected chi connectivity index (χ1v) is 6.41. The van der Waals surface area contributed by atoms with E-state index >= 15 is 0 Å². The fourth-order valence-corrected chi connectivity index (χ4v) is 2.52. The van der Waals surface area contributed by atoms with Gasteiger partial charge in [0.05, 0.1) is 0 Å². The highest BCUT2D eigenvalue weighted by molar-refractivity contribution is 8.00. The number of nitrogens with one attached hydrogen (secondary N) is 1. The molecule has 0 saturated carbocycles. The number of aryl methyl sites for hydroxylation is 1. The quantitative estimate of drug-likeness (QED) is 0.478. The van der Waals surface area contributed by atoms with Crippen LogP contribution in [0.25, 0.3) is 0 Å². The van der Waals surface area contributed by atoms with Gasteiger partial charge in [-0.1, -0.05) is 26.8 Å². The van der Waals surface area contributed by atoms with Crippen molar-refractivity contribution in [2.24, 2.45) is 11.7 Å². The number of benzene rings is 1. The van der Waals surface area contributed by atoms with Crippen LogP contribution in [-0.2, 0) is 0 Å². The van der Waals surface area contributed by atoms with Gasteiger partial charge >= 0.3 is 0 Å². The molecule has 0 amide bonds. The van der Waals surface area contributed by atoms with Gasteiger partial charge in [-0.2, -0.15) is 0 Å². The molecule has 1 unspecified atom stereocenters. The van der Waals surface area contributed by atoms with Gasteiger partial charge in [0.15, 0.2) is 0 Å². The van der Waals surface area contributed by atoms with E-state index < -0.39 is 0 Å². The summed E-state index contributed by atoms with van der Waals surface area (Å²) < 4.78 is 0. The van der Waals surface area contributed by atoms with Gasteiger partial charge < -0.3 is 5.73 Å². The molecule has 2 nitrogen and oxygen atoms in total. The summed E-state index contributed by atoms with van der Waals surface area (Å²) in [5.41, 5.74) is 7.65. The molecule has 1 atom stereocenters. The standard InChI is InChI=1S/C13H20N2S/c1-8(2)10(4)16-12-7-9(3)5-6-11(12)13(14)15/h5-8,10H,1-4H3,(H3,14,15). The average Bonchev–Trinajstić information content (AvgIpc) is 2.16. The number of nitrogen functional groups attached to an aromatic ring is 1. The Hall–Kier alpha value is -0.960. The molecule has 1 aromatic rings. The first-order chi connectivity index (χ1) is 7.41. The molecule has 0 heterocycles. The predicted molar refractivity (Wildman–Crippen MR) is 72.4 cm³/mol. The first kappa shape index (κ1) is 13.1. The van der Waals surface area contributed by atoms with Crippen molar-refractivity contribution in [2.75, 3.05) is 0 Å². The van der Waals surface area contributed by atoms with Crippen LogP contribution in [0.15, 0.2) is 23.1 Å². The lowest BCUT2D eigenvalue weighted by molar-refractivity contribution is 0.642. The fraction of sp³-hybridized carbons (Fsp3) is 0.462. The lowest BCUT2D eigenvalue weighted by Gasteiger charge is -2.17. The van der Waals surface area contributed by atoms with Gasteiger partial charge in [-0.25, -0.2) is 0 Å². The zero-order chi connectivity index (χ0) is 12.3. The zero-order valence-corrected chi connectivity index (χ0v) is 11.2. The number of hydrogen-bond acceptors (Lipinski definition) is 2. The third-order valence-electron chi connectivity index (χ3n) is 2.68. The summed E-state index contributed by atoms with van der Waals surface area (Å²) in [6.07, 6.45) is 0. The van der Waals surface area contributed by atoms with Crippen LogP contribution in [0.2, 0.25) is 0 Å². The second-order valence-corrected chi connectivity index (χ2v) is 5.90. The minimum atomic E-state index is 0.151. The molecule has 0 aromatic heterocycles. The summed E-state index contributed by atoms with van der Waals surface area (Å²) in [7, 11) is 0. The van der Waals surface area contributed by atoms with E-state index in [1.54, 1.807) is 11.8 Å². The number of hydrogen-bond donors (Lipinski definition) is 2. The molecule has 0 aliphatic heterocycles. The Balaban J connectivity index is 3.01. The Kier molecular flexibility index (Phi) is 4.42. The summed E-state index contributed by atoms with van der Waals surface area (Å²) in [5, 5.41) is 8.09. The highest BCUT2D eigenvalue weighted by atomic mass is 32.2. The molecule has 0 spiro atoms. The minimum absolute atomic E-state index is 0.151. The minimum Gasteiger partial charge on any atom is -0.384 e. The average molecular weight is 236 g/mol. The molecule has 0 saturated heterocycles. The third-order valence-corrected chi connectivity index (χ3v) is 4.19. The number of amidine groups is 1. The number of thioether (sulfide) groups is 1. The highest BCUT2D eigenvalue weighted by Crippen LogP contribution is 2.31. The first-order valence-electron chi connectivity index (χ1n) is 5.53. The topological polar surface area (TPSA) is 49.9 Å². The maximum atomic E-state index is 7.56. The molecule has 3 heteroatoms. The van der Waals surface area contributed by atoms with Gasteiger partial charge in [-0.15, -0.1) is 11.8 Å². The Morgan fingerprint density at radius 3 is 2.44 bits per heavy atom. The van der Waals surface area contributed by atoms with Crippen molar-refractivity contribution in [3.8, 4) is 0 Å². The Bertz CT molecular complexity index is 386. The summed E-state index contributed by atoms with van der Waals surface area (Å²) in [6, 6.07) is 6.05. The van der Waals surface area contributed by atoms with E-state index in [1.807, 2.05) is 12.1 Å². The summed E-state index contributed by atoms with van der Waals surface area (Å²) in [4.78, 5) is 1.12. The summed E-state index contributed by atoms with van der Waals surface area (Å²) in [5.74, 6) is 0.767. The Morgan fingerprint density at radius 2 is 1.94 bits per heavy atom. The Morgan fingerprint density at radius 1 is 1.31 bits per heavy atom. The van der Waals surface area contributed by atoms with Crippen LogP contribution in [0, 0.1) is 18.3 Å². The lowest BCUT2D eigenvalue weighted by Crippen LogP contribution is -2.14. The van der Waals surface area contributed by atoms with Crippen molar-refractivity contribution in [3.63, 3.8) is 0 Å². The monoisotopic (exact) mass is 236 g/mol. The molecule has 3 N–H and O–H groups in total. The zero-order valence-electron chi connectivity index (χ0n) is 10.4. The molecule has 16 heavy (non-hydrogen) atoms. The van der Waals surface area contributed by atoms with Gasteiger partial charge in [0.2, 0.25) is 0 Å². The van der Waals surface area contributed by atoms with E-state index in [1.165, 1.54) is 5.56 Å². The molecule has 88 valence electrons. The summed E-state index contributed by atoms with van der Waals surface area (Å²) >= 11 is 1.80. The van der Waals surface area contributed by atoms with Gasteiger partial charge in [0.1, 0.15) is 5.84 Å². The van der Waals surface area contributed by atoms with Crippen molar-refractivity contribution in [1.29, 1.82) is 5.41 Å². The molecule has 0 aliphatic carbocycles. The molecular weight excluding hydrogens is 216 g/mol. The molecule has 0 radical (unpaired) electrons. The third kappa shape index (κ3) is 3.27. The molecular formula is C13H20N2S. The fourth-order valence-electron chi connectivity index (χ4n) is 1.29. The Labute approximate surface area is 102 Å². The maximum absolute atomic E-state index is 7.56. The smallest absolute Gasteiger partial charge is 0.123 e. The van der Waals surface area contributed by atoms with Gasteiger partial charge in [-0.05, 0) is 30.5 Å². The molecule has 0 fully saturated rings. The largest absolute Gasteiger partial charge is 0.384 e. The maximum Gasteiger partial charge on any atom is 0.123 e. The van der Waals surface area contributed by atoms with E-state index in [-0.39, 0.29) is 5.84 Å².